The van der Waals surface area contributed by atoms with Crippen molar-refractivity contribution < 1.29 is 13.9 Å². The number of nitrogens with one attached hydrogen (secondary N) is 1. The number of anilines is 1. The Hall–Kier alpha value is -3.80. The summed E-state index contributed by atoms with van der Waals surface area (Å²) >= 11 is 0. The summed E-state index contributed by atoms with van der Waals surface area (Å²) in [7, 11) is 0. The SMILES string of the molecule is Cc1ccc(OCc2ccc(C(=O)Nc3cccc(-n4ccnc4)c3)o2)cc1. The highest BCUT2D eigenvalue weighted by atomic mass is 16.5. The van der Waals surface area contributed by atoms with Gasteiger partial charge in [-0.3, -0.25) is 4.79 Å². The summed E-state index contributed by atoms with van der Waals surface area (Å²) in [4.78, 5) is 16.5. The fourth-order valence-corrected chi connectivity index (χ4v) is 2.72. The predicted molar refractivity (Wildman–Crippen MR) is 106 cm³/mol. The van der Waals surface area contributed by atoms with Gasteiger partial charge in [0.05, 0.1) is 6.33 Å². The molecule has 0 aliphatic heterocycles. The maximum atomic E-state index is 12.5. The number of hydrogen-bond donors (Lipinski definition) is 1. The number of aryl methyl sites for hydroxylation is 1. The number of amides is 1. The fraction of sp³-hybridized carbons (Fsp3) is 0.0909. The van der Waals surface area contributed by atoms with Crippen molar-refractivity contribution in [2.75, 3.05) is 5.32 Å². The Balaban J connectivity index is 1.39. The summed E-state index contributed by atoms with van der Waals surface area (Å²) in [5, 5.41) is 2.85. The van der Waals surface area contributed by atoms with Crippen molar-refractivity contribution in [2.24, 2.45) is 0 Å². The fourth-order valence-electron chi connectivity index (χ4n) is 2.72. The second-order valence-corrected chi connectivity index (χ2v) is 6.34. The zero-order valence-corrected chi connectivity index (χ0v) is 15.3. The summed E-state index contributed by atoms with van der Waals surface area (Å²) in [6, 6.07) is 18.6. The maximum Gasteiger partial charge on any atom is 0.291 e. The third-order valence-corrected chi connectivity index (χ3v) is 4.19. The topological polar surface area (TPSA) is 69.3 Å². The average molecular weight is 373 g/mol. The number of aromatic nitrogens is 2. The van der Waals surface area contributed by atoms with Crippen LogP contribution in [0.2, 0.25) is 0 Å². The third-order valence-electron chi connectivity index (χ3n) is 4.19. The van der Waals surface area contributed by atoms with Crippen LogP contribution in [0, 0.1) is 6.92 Å². The van der Waals surface area contributed by atoms with Crippen molar-refractivity contribution >= 4 is 11.6 Å². The average Bonchev–Trinajstić information content (AvgIpc) is 3.40. The van der Waals surface area contributed by atoms with Crippen molar-refractivity contribution in [3.05, 3.63) is 96.5 Å². The van der Waals surface area contributed by atoms with Gasteiger partial charge in [-0.2, -0.15) is 0 Å². The molecule has 4 rings (SSSR count). The first-order valence-electron chi connectivity index (χ1n) is 8.85. The Morgan fingerprint density at radius 1 is 1.14 bits per heavy atom. The van der Waals surface area contributed by atoms with Gasteiger partial charge in [0.25, 0.3) is 5.91 Å². The molecule has 0 atom stereocenters. The molecule has 2 heterocycles. The van der Waals surface area contributed by atoms with E-state index in [0.29, 0.717) is 11.4 Å². The number of rotatable bonds is 6. The molecule has 0 aliphatic carbocycles. The lowest BCUT2D eigenvalue weighted by Crippen LogP contribution is -2.11. The van der Waals surface area contributed by atoms with Crippen molar-refractivity contribution in [1.82, 2.24) is 9.55 Å². The molecule has 2 aromatic carbocycles. The van der Waals surface area contributed by atoms with E-state index in [1.54, 1.807) is 24.7 Å². The Labute approximate surface area is 162 Å². The second kappa shape index (κ2) is 7.84. The van der Waals surface area contributed by atoms with E-state index in [0.717, 1.165) is 11.4 Å². The minimum Gasteiger partial charge on any atom is -0.486 e. The van der Waals surface area contributed by atoms with E-state index < -0.39 is 0 Å². The molecular formula is C22H19N3O3. The number of benzene rings is 2. The molecule has 0 fully saturated rings. The van der Waals surface area contributed by atoms with Gasteiger partial charge in [0.2, 0.25) is 0 Å². The molecule has 4 aromatic rings. The highest BCUT2D eigenvalue weighted by molar-refractivity contribution is 6.02. The molecule has 2 aromatic heterocycles. The van der Waals surface area contributed by atoms with Crippen LogP contribution >= 0.6 is 0 Å². The number of hydrogen-bond acceptors (Lipinski definition) is 4. The number of furan rings is 1. The molecule has 0 spiro atoms. The second-order valence-electron chi connectivity index (χ2n) is 6.34. The number of imidazole rings is 1. The Morgan fingerprint density at radius 3 is 2.79 bits per heavy atom. The summed E-state index contributed by atoms with van der Waals surface area (Å²) in [6.07, 6.45) is 5.25. The van der Waals surface area contributed by atoms with Crippen molar-refractivity contribution in [1.29, 1.82) is 0 Å². The number of carbonyl (C=O) groups excluding carboxylic acids is 1. The van der Waals surface area contributed by atoms with Crippen molar-refractivity contribution in [2.45, 2.75) is 13.5 Å². The zero-order valence-electron chi connectivity index (χ0n) is 15.3. The van der Waals surface area contributed by atoms with Crippen molar-refractivity contribution in [3.63, 3.8) is 0 Å². The molecule has 140 valence electrons. The smallest absolute Gasteiger partial charge is 0.291 e. The third kappa shape index (κ3) is 4.12. The summed E-state index contributed by atoms with van der Waals surface area (Å²) in [5.41, 5.74) is 2.74. The minimum atomic E-state index is -0.315. The number of nitrogens with zero attached hydrogens (tertiary/aromatic N) is 2. The van der Waals surface area contributed by atoms with Crippen LogP contribution in [-0.4, -0.2) is 15.5 Å². The summed E-state index contributed by atoms with van der Waals surface area (Å²) < 4.78 is 13.2. The molecule has 0 aliphatic rings. The molecule has 0 unspecified atom stereocenters. The minimum absolute atomic E-state index is 0.232. The van der Waals surface area contributed by atoms with Gasteiger partial charge in [0.15, 0.2) is 5.76 Å². The van der Waals surface area contributed by atoms with Crippen LogP contribution in [0.4, 0.5) is 5.69 Å². The molecule has 28 heavy (non-hydrogen) atoms. The van der Waals surface area contributed by atoms with Gasteiger partial charge in [0, 0.05) is 23.8 Å². The molecule has 0 radical (unpaired) electrons. The van der Waals surface area contributed by atoms with Gasteiger partial charge in [-0.25, -0.2) is 4.98 Å². The van der Waals surface area contributed by atoms with Gasteiger partial charge >= 0.3 is 0 Å². The van der Waals surface area contributed by atoms with Crippen LogP contribution in [0.1, 0.15) is 21.9 Å². The zero-order chi connectivity index (χ0) is 19.3. The molecular weight excluding hydrogens is 354 g/mol. The van der Waals surface area contributed by atoms with E-state index in [4.69, 9.17) is 9.15 Å². The van der Waals surface area contributed by atoms with Crippen LogP contribution in [0.5, 0.6) is 5.75 Å². The number of carbonyl (C=O) groups is 1. The molecule has 1 N–H and O–H groups in total. The maximum absolute atomic E-state index is 12.5. The molecule has 6 heteroatoms. The quantitative estimate of drug-likeness (QED) is 0.536. The summed E-state index contributed by atoms with van der Waals surface area (Å²) in [6.45, 7) is 2.28. The van der Waals surface area contributed by atoms with Crippen LogP contribution in [-0.2, 0) is 6.61 Å². The Bertz CT molecular complexity index is 1070. The van der Waals surface area contributed by atoms with Crippen LogP contribution in [0.25, 0.3) is 5.69 Å². The van der Waals surface area contributed by atoms with Gasteiger partial charge in [0.1, 0.15) is 18.1 Å². The lowest BCUT2D eigenvalue weighted by atomic mass is 10.2. The highest BCUT2D eigenvalue weighted by Gasteiger charge is 2.12. The Morgan fingerprint density at radius 2 is 2.00 bits per heavy atom. The highest BCUT2D eigenvalue weighted by Crippen LogP contribution is 2.18. The first-order valence-corrected chi connectivity index (χ1v) is 8.85. The van der Waals surface area contributed by atoms with E-state index in [-0.39, 0.29) is 18.3 Å². The predicted octanol–water partition coefficient (Wildman–Crippen LogP) is 4.61. The van der Waals surface area contributed by atoms with Gasteiger partial charge in [-0.15, -0.1) is 0 Å². The van der Waals surface area contributed by atoms with Gasteiger partial charge in [-0.1, -0.05) is 23.8 Å². The molecule has 0 saturated heterocycles. The van der Waals surface area contributed by atoms with E-state index in [1.165, 1.54) is 5.56 Å². The lowest BCUT2D eigenvalue weighted by molar-refractivity contribution is 0.0992. The monoisotopic (exact) mass is 373 g/mol. The van der Waals surface area contributed by atoms with Crippen molar-refractivity contribution in [3.8, 4) is 11.4 Å². The molecule has 6 nitrogen and oxygen atoms in total. The molecule has 0 bridgehead atoms. The van der Waals surface area contributed by atoms with Gasteiger partial charge < -0.3 is 19.0 Å². The lowest BCUT2D eigenvalue weighted by Gasteiger charge is -2.07. The van der Waals surface area contributed by atoms with E-state index in [9.17, 15) is 4.79 Å². The summed E-state index contributed by atoms with van der Waals surface area (Å²) in [5.74, 6) is 1.25. The van der Waals surface area contributed by atoms with E-state index >= 15 is 0 Å². The van der Waals surface area contributed by atoms with Crippen LogP contribution < -0.4 is 10.1 Å². The largest absolute Gasteiger partial charge is 0.486 e. The number of ether oxygens (including phenoxy) is 1. The van der Waals surface area contributed by atoms with E-state index in [2.05, 4.69) is 10.3 Å². The van der Waals surface area contributed by atoms with Crippen LogP contribution in [0.15, 0.2) is 83.8 Å². The Kier molecular flexibility index (Phi) is 4.93. The normalized spacial score (nSPS) is 10.6. The molecule has 1 amide bonds. The standard InChI is InChI=1S/C22H19N3O3/c1-16-5-7-19(8-6-16)27-14-20-9-10-21(28-20)22(26)24-17-3-2-4-18(13-17)25-12-11-23-15-25/h2-13,15H,14H2,1H3,(H,24,26). The van der Waals surface area contributed by atoms with E-state index in [1.807, 2.05) is 66.2 Å². The first kappa shape index (κ1) is 17.6. The van der Waals surface area contributed by atoms with Gasteiger partial charge in [-0.05, 0) is 49.4 Å². The molecule has 0 saturated carbocycles. The van der Waals surface area contributed by atoms with Crippen LogP contribution in [0.3, 0.4) is 0 Å². The first-order chi connectivity index (χ1) is 13.7.